The Bertz CT molecular complexity index is 372. The Balaban J connectivity index is 3.13. The highest BCUT2D eigenvalue weighted by Gasteiger charge is 2.33. The van der Waals surface area contributed by atoms with Gasteiger partial charge in [-0.05, 0) is 22.0 Å². The van der Waals surface area contributed by atoms with Crippen molar-refractivity contribution in [3.05, 3.63) is 16.4 Å². The van der Waals surface area contributed by atoms with Gasteiger partial charge in [-0.15, -0.1) is 13.2 Å². The average molecular weight is 307 g/mol. The van der Waals surface area contributed by atoms with Crippen LogP contribution in [-0.2, 0) is 0 Å². The molecular weight excluding hydrogens is 303 g/mol. The average Bonchev–Trinajstić information content (AvgIpc) is 2.09. The number of anilines is 1. The first-order valence-corrected chi connectivity index (χ1v) is 4.50. The van der Waals surface area contributed by atoms with E-state index < -0.39 is 34.5 Å². The molecule has 0 saturated carbocycles. The molecule has 0 spiro atoms. The Morgan fingerprint density at radius 3 is 2.31 bits per heavy atom. The van der Waals surface area contributed by atoms with Crippen molar-refractivity contribution in [2.45, 2.75) is 12.8 Å². The second kappa shape index (κ2) is 4.40. The molecule has 0 saturated heterocycles. The molecule has 0 aliphatic carbocycles. The molecule has 16 heavy (non-hydrogen) atoms. The first-order chi connectivity index (χ1) is 7.20. The highest BCUT2D eigenvalue weighted by Crippen LogP contribution is 2.36. The molecule has 1 rings (SSSR count). The van der Waals surface area contributed by atoms with E-state index in [4.69, 9.17) is 5.73 Å². The summed E-state index contributed by atoms with van der Waals surface area (Å²) in [4.78, 5) is 3.18. The number of alkyl halides is 5. The minimum atomic E-state index is -4.97. The van der Waals surface area contributed by atoms with E-state index in [1.807, 2.05) is 0 Å². The zero-order valence-corrected chi connectivity index (χ0v) is 8.94. The minimum absolute atomic E-state index is 0.528. The number of halogens is 6. The second-order valence-corrected chi connectivity index (χ2v) is 3.36. The van der Waals surface area contributed by atoms with Crippen molar-refractivity contribution in [2.24, 2.45) is 0 Å². The van der Waals surface area contributed by atoms with Gasteiger partial charge >= 0.3 is 6.36 Å². The molecule has 0 aliphatic rings. The third-order valence-corrected chi connectivity index (χ3v) is 1.96. The van der Waals surface area contributed by atoms with Crippen LogP contribution in [0.3, 0.4) is 0 Å². The highest BCUT2D eigenvalue weighted by molar-refractivity contribution is 9.10. The molecule has 0 aromatic carbocycles. The Hall–Kier alpha value is -1.12. The number of nitrogens with two attached hydrogens (primary N) is 1. The van der Waals surface area contributed by atoms with E-state index >= 15 is 0 Å². The van der Waals surface area contributed by atoms with Crippen molar-refractivity contribution in [1.82, 2.24) is 4.98 Å². The summed E-state index contributed by atoms with van der Waals surface area (Å²) in [6.07, 6.45) is -7.90. The SMILES string of the molecule is Nc1cc(C(F)F)nc(Br)c1OC(F)(F)F. The number of nitrogens with zero attached hydrogens (tertiary/aromatic N) is 1. The molecule has 0 radical (unpaired) electrons. The number of rotatable bonds is 2. The van der Waals surface area contributed by atoms with Crippen molar-refractivity contribution in [3.8, 4) is 5.75 Å². The van der Waals surface area contributed by atoms with Gasteiger partial charge in [-0.2, -0.15) is 0 Å². The largest absolute Gasteiger partial charge is 0.573 e. The van der Waals surface area contributed by atoms with Crippen molar-refractivity contribution >= 4 is 21.6 Å². The number of pyridine rings is 1. The fourth-order valence-electron chi connectivity index (χ4n) is 0.869. The van der Waals surface area contributed by atoms with Crippen LogP contribution in [0.25, 0.3) is 0 Å². The predicted octanol–water partition coefficient (Wildman–Crippen LogP) is 3.26. The van der Waals surface area contributed by atoms with Crippen molar-refractivity contribution in [1.29, 1.82) is 0 Å². The van der Waals surface area contributed by atoms with Crippen molar-refractivity contribution < 1.29 is 26.7 Å². The number of hydrogen-bond acceptors (Lipinski definition) is 3. The van der Waals surface area contributed by atoms with Gasteiger partial charge in [-0.1, -0.05) is 0 Å². The van der Waals surface area contributed by atoms with Gasteiger partial charge in [0.05, 0.1) is 5.69 Å². The zero-order chi connectivity index (χ0) is 12.5. The van der Waals surface area contributed by atoms with Gasteiger partial charge in [0.25, 0.3) is 6.43 Å². The molecule has 1 aromatic rings. The lowest BCUT2D eigenvalue weighted by Gasteiger charge is -2.13. The lowest BCUT2D eigenvalue weighted by Crippen LogP contribution is -2.19. The number of nitrogen functional groups attached to an aromatic ring is 1. The van der Waals surface area contributed by atoms with E-state index in [2.05, 4.69) is 25.7 Å². The van der Waals surface area contributed by atoms with Crippen LogP contribution >= 0.6 is 15.9 Å². The number of ether oxygens (including phenoxy) is 1. The van der Waals surface area contributed by atoms with E-state index in [1.165, 1.54) is 0 Å². The number of aromatic nitrogens is 1. The molecular formula is C7H4BrF5N2O. The van der Waals surface area contributed by atoms with Crippen LogP contribution in [0, 0.1) is 0 Å². The molecule has 0 unspecified atom stereocenters. The van der Waals surface area contributed by atoms with Gasteiger partial charge in [0.15, 0.2) is 10.4 Å². The normalized spacial score (nSPS) is 11.9. The summed E-state index contributed by atoms with van der Waals surface area (Å²) in [5, 5.41) is 0. The monoisotopic (exact) mass is 306 g/mol. The lowest BCUT2D eigenvalue weighted by atomic mass is 10.3. The lowest BCUT2D eigenvalue weighted by molar-refractivity contribution is -0.274. The summed E-state index contributed by atoms with van der Waals surface area (Å²) in [6, 6.07) is 0.622. The molecule has 1 heterocycles. The smallest absolute Gasteiger partial charge is 0.401 e. The van der Waals surface area contributed by atoms with Gasteiger partial charge < -0.3 is 10.5 Å². The molecule has 1 aromatic heterocycles. The van der Waals surface area contributed by atoms with Crippen molar-refractivity contribution in [3.63, 3.8) is 0 Å². The molecule has 90 valence electrons. The minimum Gasteiger partial charge on any atom is -0.401 e. The molecule has 0 amide bonds. The molecule has 0 aliphatic heterocycles. The van der Waals surface area contributed by atoms with Crippen LogP contribution in [0.15, 0.2) is 10.7 Å². The summed E-state index contributed by atoms with van der Waals surface area (Å²) in [5.74, 6) is -0.836. The maximum absolute atomic E-state index is 12.2. The Labute approximate surface area is 94.5 Å². The maximum atomic E-state index is 12.2. The summed E-state index contributed by atoms with van der Waals surface area (Å²) in [6.45, 7) is 0. The van der Waals surface area contributed by atoms with E-state index in [9.17, 15) is 22.0 Å². The Morgan fingerprint density at radius 1 is 1.38 bits per heavy atom. The van der Waals surface area contributed by atoms with Gasteiger partial charge in [-0.3, -0.25) is 0 Å². The fraction of sp³-hybridized carbons (Fsp3) is 0.286. The van der Waals surface area contributed by atoms with Crippen LogP contribution < -0.4 is 10.5 Å². The summed E-state index contributed by atoms with van der Waals surface area (Å²) < 4.78 is 63.0. The Kier molecular flexibility index (Phi) is 3.56. The molecule has 0 fully saturated rings. The fourth-order valence-corrected chi connectivity index (χ4v) is 1.38. The van der Waals surface area contributed by atoms with Crippen LogP contribution in [0.5, 0.6) is 5.75 Å². The van der Waals surface area contributed by atoms with Gasteiger partial charge in [0.1, 0.15) is 5.69 Å². The number of hydrogen-bond donors (Lipinski definition) is 1. The topological polar surface area (TPSA) is 48.1 Å². The first-order valence-electron chi connectivity index (χ1n) is 3.70. The molecule has 9 heteroatoms. The maximum Gasteiger partial charge on any atom is 0.573 e. The zero-order valence-electron chi connectivity index (χ0n) is 7.36. The van der Waals surface area contributed by atoms with E-state index in [0.29, 0.717) is 6.07 Å². The third-order valence-electron chi connectivity index (χ3n) is 1.42. The quantitative estimate of drug-likeness (QED) is 0.674. The van der Waals surface area contributed by atoms with E-state index in [1.54, 1.807) is 0 Å². The van der Waals surface area contributed by atoms with Crippen LogP contribution in [-0.4, -0.2) is 11.3 Å². The molecule has 0 bridgehead atoms. The summed E-state index contributed by atoms with van der Waals surface area (Å²) in [7, 11) is 0. The van der Waals surface area contributed by atoms with Gasteiger partial charge in [-0.25, -0.2) is 13.8 Å². The molecule has 2 N–H and O–H groups in total. The summed E-state index contributed by atoms with van der Waals surface area (Å²) >= 11 is 2.57. The van der Waals surface area contributed by atoms with Crippen LogP contribution in [0.2, 0.25) is 0 Å². The standard InChI is InChI=1S/C7H4BrF5N2O/c8-5-4(16-7(11,12)13)2(14)1-3(15-5)6(9)10/h1,6H,(H2,14,15). The summed E-state index contributed by atoms with van der Waals surface area (Å²) in [5.41, 5.74) is 3.83. The molecule has 3 nitrogen and oxygen atoms in total. The first kappa shape index (κ1) is 12.9. The van der Waals surface area contributed by atoms with Crippen LogP contribution in [0.4, 0.5) is 27.6 Å². The predicted molar refractivity (Wildman–Crippen MR) is 48.0 cm³/mol. The van der Waals surface area contributed by atoms with E-state index in [0.717, 1.165) is 0 Å². The molecule has 0 atom stereocenters. The second-order valence-electron chi connectivity index (χ2n) is 2.60. The third kappa shape index (κ3) is 3.19. The van der Waals surface area contributed by atoms with Gasteiger partial charge in [0.2, 0.25) is 0 Å². The van der Waals surface area contributed by atoms with Crippen LogP contribution in [0.1, 0.15) is 12.1 Å². The van der Waals surface area contributed by atoms with Gasteiger partial charge in [0, 0.05) is 0 Å². The van der Waals surface area contributed by atoms with Crippen molar-refractivity contribution in [2.75, 3.05) is 5.73 Å². The highest BCUT2D eigenvalue weighted by atomic mass is 79.9. The Morgan fingerprint density at radius 2 is 1.94 bits per heavy atom. The van der Waals surface area contributed by atoms with E-state index in [-0.39, 0.29) is 0 Å².